The van der Waals surface area contributed by atoms with E-state index < -0.39 is 26.0 Å². The standard InChI is InChI=1S/C16H16N2O6S2/c19-16(20)12-4-1-7-15(10-12)26(23,24)17-13-5-2-6-14(11-13)18-8-3-9-25(18,21)22/h1-2,4-7,10-11,17H,3,8-9H2,(H,19,20). The van der Waals surface area contributed by atoms with Crippen LogP contribution >= 0.6 is 0 Å². The number of carboxylic acid groups (broad SMARTS) is 1. The van der Waals surface area contributed by atoms with E-state index in [1.807, 2.05) is 0 Å². The number of hydrogen-bond donors (Lipinski definition) is 2. The number of hydrogen-bond acceptors (Lipinski definition) is 5. The summed E-state index contributed by atoms with van der Waals surface area (Å²) in [5, 5.41) is 8.99. The van der Waals surface area contributed by atoms with Crippen LogP contribution in [-0.4, -0.2) is 40.2 Å². The number of benzene rings is 2. The van der Waals surface area contributed by atoms with Gasteiger partial charge in [-0.1, -0.05) is 12.1 Å². The topological polar surface area (TPSA) is 121 Å². The number of nitrogens with one attached hydrogen (secondary N) is 1. The van der Waals surface area contributed by atoms with Crippen molar-refractivity contribution in [1.29, 1.82) is 0 Å². The first-order valence-corrected chi connectivity index (χ1v) is 10.7. The van der Waals surface area contributed by atoms with E-state index in [4.69, 9.17) is 5.11 Å². The van der Waals surface area contributed by atoms with E-state index in [0.29, 0.717) is 18.7 Å². The Labute approximate surface area is 151 Å². The molecule has 1 aliphatic rings. The van der Waals surface area contributed by atoms with E-state index in [-0.39, 0.29) is 21.9 Å². The monoisotopic (exact) mass is 396 g/mol. The van der Waals surface area contributed by atoms with E-state index >= 15 is 0 Å². The van der Waals surface area contributed by atoms with Crippen LogP contribution in [0.15, 0.2) is 53.4 Å². The highest BCUT2D eigenvalue weighted by Gasteiger charge is 2.28. The summed E-state index contributed by atoms with van der Waals surface area (Å²) >= 11 is 0. The molecule has 0 unspecified atom stereocenters. The quantitative estimate of drug-likeness (QED) is 0.794. The molecule has 138 valence electrons. The molecule has 10 heteroatoms. The summed E-state index contributed by atoms with van der Waals surface area (Å²) in [6, 6.07) is 11.0. The first-order chi connectivity index (χ1) is 12.2. The molecule has 1 aliphatic heterocycles. The zero-order chi connectivity index (χ0) is 18.9. The van der Waals surface area contributed by atoms with Crippen molar-refractivity contribution in [3.63, 3.8) is 0 Å². The number of aromatic carboxylic acids is 1. The lowest BCUT2D eigenvalue weighted by molar-refractivity contribution is 0.0696. The van der Waals surface area contributed by atoms with Crippen molar-refractivity contribution in [1.82, 2.24) is 0 Å². The van der Waals surface area contributed by atoms with Crippen molar-refractivity contribution >= 4 is 37.4 Å². The van der Waals surface area contributed by atoms with Crippen molar-refractivity contribution in [2.45, 2.75) is 11.3 Å². The number of carboxylic acids is 1. The van der Waals surface area contributed by atoms with Crippen molar-refractivity contribution < 1.29 is 26.7 Å². The van der Waals surface area contributed by atoms with Crippen molar-refractivity contribution in [2.75, 3.05) is 21.3 Å². The Balaban J connectivity index is 1.90. The fourth-order valence-corrected chi connectivity index (χ4v) is 5.32. The Morgan fingerprint density at radius 3 is 2.50 bits per heavy atom. The Bertz CT molecular complexity index is 1060. The molecule has 2 N–H and O–H groups in total. The van der Waals surface area contributed by atoms with Gasteiger partial charge in [0, 0.05) is 6.54 Å². The lowest BCUT2D eigenvalue weighted by atomic mass is 10.2. The van der Waals surface area contributed by atoms with Gasteiger partial charge in [0.2, 0.25) is 10.0 Å². The molecule has 26 heavy (non-hydrogen) atoms. The smallest absolute Gasteiger partial charge is 0.335 e. The van der Waals surface area contributed by atoms with Gasteiger partial charge in [0.25, 0.3) is 10.0 Å². The number of rotatable bonds is 5. The zero-order valence-electron chi connectivity index (χ0n) is 13.5. The average Bonchev–Trinajstić information content (AvgIpc) is 2.94. The van der Waals surface area contributed by atoms with E-state index in [0.717, 1.165) is 6.07 Å². The molecule has 1 heterocycles. The van der Waals surface area contributed by atoms with Crippen LogP contribution in [0.3, 0.4) is 0 Å². The molecular weight excluding hydrogens is 380 g/mol. The Morgan fingerprint density at radius 1 is 1.12 bits per heavy atom. The minimum atomic E-state index is -4.02. The van der Waals surface area contributed by atoms with Crippen LogP contribution in [0.2, 0.25) is 0 Å². The van der Waals surface area contributed by atoms with Gasteiger partial charge in [0.15, 0.2) is 0 Å². The largest absolute Gasteiger partial charge is 0.478 e. The van der Waals surface area contributed by atoms with Gasteiger partial charge in [-0.2, -0.15) is 0 Å². The first-order valence-electron chi connectivity index (χ1n) is 7.66. The third-order valence-corrected chi connectivity index (χ3v) is 7.13. The second kappa shape index (κ2) is 6.61. The highest BCUT2D eigenvalue weighted by molar-refractivity contribution is 7.93. The van der Waals surface area contributed by atoms with Gasteiger partial charge < -0.3 is 5.11 Å². The molecule has 0 amide bonds. The van der Waals surface area contributed by atoms with Crippen LogP contribution < -0.4 is 9.03 Å². The summed E-state index contributed by atoms with van der Waals surface area (Å²) in [4.78, 5) is 10.8. The minimum absolute atomic E-state index is 0.0605. The zero-order valence-corrected chi connectivity index (χ0v) is 15.1. The molecule has 8 nitrogen and oxygen atoms in total. The van der Waals surface area contributed by atoms with Crippen LogP contribution in [0.5, 0.6) is 0 Å². The summed E-state index contributed by atoms with van der Waals surface area (Å²) < 4.78 is 52.6. The molecule has 2 aromatic carbocycles. The third-order valence-electron chi connectivity index (χ3n) is 3.88. The van der Waals surface area contributed by atoms with Gasteiger partial charge in [-0.05, 0) is 42.8 Å². The summed E-state index contributed by atoms with van der Waals surface area (Å²) in [6.45, 7) is 0.346. The first kappa shape index (κ1) is 18.2. The summed E-state index contributed by atoms with van der Waals surface area (Å²) in [7, 11) is -7.40. The maximum absolute atomic E-state index is 12.5. The SMILES string of the molecule is O=C(O)c1cccc(S(=O)(=O)Nc2cccc(N3CCCS3(=O)=O)c2)c1. The normalized spacial score (nSPS) is 16.4. The van der Waals surface area contributed by atoms with Crippen LogP contribution in [0, 0.1) is 0 Å². The molecule has 0 radical (unpaired) electrons. The maximum Gasteiger partial charge on any atom is 0.335 e. The van der Waals surface area contributed by atoms with E-state index in [9.17, 15) is 21.6 Å². The second-order valence-corrected chi connectivity index (χ2v) is 9.43. The number of carbonyl (C=O) groups is 1. The van der Waals surface area contributed by atoms with Crippen molar-refractivity contribution in [3.8, 4) is 0 Å². The number of sulfonamides is 2. The summed E-state index contributed by atoms with van der Waals surface area (Å²) in [5.74, 6) is -1.17. The molecule has 1 saturated heterocycles. The maximum atomic E-state index is 12.5. The highest BCUT2D eigenvalue weighted by Crippen LogP contribution is 2.27. The molecule has 0 atom stereocenters. The van der Waals surface area contributed by atoms with Crippen LogP contribution in [-0.2, 0) is 20.0 Å². The predicted molar refractivity (Wildman–Crippen MR) is 96.4 cm³/mol. The summed E-state index contributed by atoms with van der Waals surface area (Å²) in [5.41, 5.74) is 0.414. The van der Waals surface area contributed by atoms with Gasteiger partial charge in [-0.15, -0.1) is 0 Å². The predicted octanol–water partition coefficient (Wildman–Crippen LogP) is 1.73. The molecule has 1 fully saturated rings. The molecule has 3 rings (SSSR count). The van der Waals surface area contributed by atoms with E-state index in [1.54, 1.807) is 12.1 Å². The fourth-order valence-electron chi connectivity index (χ4n) is 2.66. The lowest BCUT2D eigenvalue weighted by Crippen LogP contribution is -2.25. The summed E-state index contributed by atoms with van der Waals surface area (Å²) in [6.07, 6.45) is 0.514. The number of anilines is 2. The van der Waals surface area contributed by atoms with Crippen LogP contribution in [0.4, 0.5) is 11.4 Å². The van der Waals surface area contributed by atoms with Gasteiger partial charge in [-0.25, -0.2) is 21.6 Å². The molecule has 0 aromatic heterocycles. The highest BCUT2D eigenvalue weighted by atomic mass is 32.2. The van der Waals surface area contributed by atoms with Gasteiger partial charge in [0.1, 0.15) is 0 Å². The van der Waals surface area contributed by atoms with Crippen LogP contribution in [0.1, 0.15) is 16.8 Å². The molecule has 0 spiro atoms. The Hall–Kier alpha value is -2.59. The van der Waals surface area contributed by atoms with Crippen molar-refractivity contribution in [2.24, 2.45) is 0 Å². The van der Waals surface area contributed by atoms with Gasteiger partial charge >= 0.3 is 5.97 Å². The lowest BCUT2D eigenvalue weighted by Gasteiger charge is -2.18. The van der Waals surface area contributed by atoms with Gasteiger partial charge in [-0.3, -0.25) is 9.03 Å². The Morgan fingerprint density at radius 2 is 1.85 bits per heavy atom. The van der Waals surface area contributed by atoms with Gasteiger partial charge in [0.05, 0.1) is 27.6 Å². The molecule has 0 aliphatic carbocycles. The Kier molecular flexibility index (Phi) is 4.63. The molecular formula is C16H16N2O6S2. The molecule has 0 saturated carbocycles. The second-order valence-electron chi connectivity index (χ2n) is 5.73. The van der Waals surface area contributed by atoms with E-state index in [1.165, 1.54) is 34.6 Å². The fraction of sp³-hybridized carbons (Fsp3) is 0.188. The molecule has 2 aromatic rings. The average molecular weight is 396 g/mol. The van der Waals surface area contributed by atoms with Crippen molar-refractivity contribution in [3.05, 3.63) is 54.1 Å². The van der Waals surface area contributed by atoms with E-state index in [2.05, 4.69) is 4.72 Å². The molecule has 0 bridgehead atoms. The minimum Gasteiger partial charge on any atom is -0.478 e. The number of nitrogens with zero attached hydrogens (tertiary/aromatic N) is 1. The van der Waals surface area contributed by atoms with Crippen LogP contribution in [0.25, 0.3) is 0 Å². The third kappa shape index (κ3) is 3.65.